The lowest BCUT2D eigenvalue weighted by Gasteiger charge is -2.29. The van der Waals surface area contributed by atoms with E-state index in [2.05, 4.69) is 43.8 Å². The van der Waals surface area contributed by atoms with Gasteiger partial charge in [0.15, 0.2) is 6.61 Å². The highest BCUT2D eigenvalue weighted by atomic mass is 127. The monoisotopic (exact) mass is 584 g/mol. The first-order valence-corrected chi connectivity index (χ1v) is 12.0. The average molecular weight is 585 g/mol. The molecule has 5 nitrogen and oxygen atoms in total. The van der Waals surface area contributed by atoms with Gasteiger partial charge in [0.05, 0.1) is 0 Å². The summed E-state index contributed by atoms with van der Waals surface area (Å²) >= 11 is 5.65. The molecule has 1 fully saturated rings. The number of ether oxygens (including phenoxy) is 1. The molecule has 1 aliphatic carbocycles. The van der Waals surface area contributed by atoms with Crippen molar-refractivity contribution in [3.63, 3.8) is 0 Å². The fraction of sp³-hybridized carbons (Fsp3) is 0.391. The molecule has 1 unspecified atom stereocenters. The van der Waals surface area contributed by atoms with Gasteiger partial charge in [-0.15, -0.1) is 0 Å². The number of benzene rings is 2. The summed E-state index contributed by atoms with van der Waals surface area (Å²) in [5, 5.41) is 3.11. The van der Waals surface area contributed by atoms with Crippen molar-refractivity contribution in [1.29, 1.82) is 0 Å². The van der Waals surface area contributed by atoms with Gasteiger partial charge in [-0.2, -0.15) is 0 Å². The van der Waals surface area contributed by atoms with Crippen LogP contribution in [0, 0.1) is 3.57 Å². The lowest BCUT2D eigenvalue weighted by Crippen LogP contribution is -2.50. The Balaban J connectivity index is 1.69. The van der Waals surface area contributed by atoms with Crippen LogP contribution < -0.4 is 10.1 Å². The maximum absolute atomic E-state index is 13.0. The lowest BCUT2D eigenvalue weighted by atomic mass is 10.1. The van der Waals surface area contributed by atoms with Gasteiger partial charge in [-0.05, 0) is 84.3 Å². The summed E-state index contributed by atoms with van der Waals surface area (Å²) in [6, 6.07) is 14.9. The van der Waals surface area contributed by atoms with Crippen molar-refractivity contribution in [3.8, 4) is 5.75 Å². The summed E-state index contributed by atoms with van der Waals surface area (Å²) in [4.78, 5) is 27.5. The zero-order valence-corrected chi connectivity index (χ0v) is 20.7. The first kappa shape index (κ1) is 23.1. The smallest absolute Gasteiger partial charge is 0.261 e. The summed E-state index contributed by atoms with van der Waals surface area (Å²) in [7, 11) is 0. The topological polar surface area (TPSA) is 58.6 Å². The van der Waals surface area contributed by atoms with Crippen molar-refractivity contribution < 1.29 is 14.3 Å². The molecule has 1 atom stereocenters. The van der Waals surface area contributed by atoms with Crippen molar-refractivity contribution in [1.82, 2.24) is 10.2 Å². The van der Waals surface area contributed by atoms with Crippen molar-refractivity contribution in [2.24, 2.45) is 0 Å². The van der Waals surface area contributed by atoms with E-state index in [0.29, 0.717) is 12.3 Å². The summed E-state index contributed by atoms with van der Waals surface area (Å²) in [5.74, 6) is 0.308. The number of nitrogens with zero attached hydrogens (tertiary/aromatic N) is 1. The standard InChI is InChI=1S/C23H26BrIN2O3/c1-16(23(29)26-20-4-2-3-5-20)27(14-17-6-8-18(24)9-7-17)22(28)15-30-21-12-10-19(25)11-13-21/h6-13,16,20H,2-5,14-15H2,1H3,(H,26,29). The average Bonchev–Trinajstić information content (AvgIpc) is 3.25. The van der Waals surface area contributed by atoms with E-state index in [4.69, 9.17) is 4.74 Å². The van der Waals surface area contributed by atoms with E-state index in [0.717, 1.165) is 39.3 Å². The first-order valence-electron chi connectivity index (χ1n) is 10.1. The molecule has 0 heterocycles. The molecule has 0 spiro atoms. The van der Waals surface area contributed by atoms with E-state index < -0.39 is 6.04 Å². The molecule has 0 saturated heterocycles. The number of carbonyl (C=O) groups excluding carboxylic acids is 2. The van der Waals surface area contributed by atoms with Crippen molar-refractivity contribution in [3.05, 3.63) is 62.1 Å². The van der Waals surface area contributed by atoms with Gasteiger partial charge in [-0.25, -0.2) is 0 Å². The van der Waals surface area contributed by atoms with Crippen LogP contribution in [-0.4, -0.2) is 35.4 Å². The fourth-order valence-electron chi connectivity index (χ4n) is 3.52. The SMILES string of the molecule is CC(C(=O)NC1CCCC1)N(Cc1ccc(Br)cc1)C(=O)COc1ccc(I)cc1. The van der Waals surface area contributed by atoms with Crippen LogP contribution in [0.1, 0.15) is 38.2 Å². The van der Waals surface area contributed by atoms with Gasteiger partial charge in [-0.1, -0.05) is 40.9 Å². The Bertz CT molecular complexity index is 852. The Morgan fingerprint density at radius 1 is 1.13 bits per heavy atom. The van der Waals surface area contributed by atoms with Gasteiger partial charge in [0.25, 0.3) is 5.91 Å². The summed E-state index contributed by atoms with van der Waals surface area (Å²) in [5.41, 5.74) is 0.960. The molecule has 30 heavy (non-hydrogen) atoms. The third kappa shape index (κ3) is 6.70. The van der Waals surface area contributed by atoms with Gasteiger partial charge in [0.1, 0.15) is 11.8 Å². The molecule has 160 valence electrons. The van der Waals surface area contributed by atoms with Gasteiger partial charge >= 0.3 is 0 Å². The van der Waals surface area contributed by atoms with E-state index in [9.17, 15) is 9.59 Å². The van der Waals surface area contributed by atoms with Crippen LogP contribution in [-0.2, 0) is 16.1 Å². The Morgan fingerprint density at radius 3 is 2.40 bits per heavy atom. The second-order valence-corrected chi connectivity index (χ2v) is 9.72. The first-order chi connectivity index (χ1) is 14.4. The highest BCUT2D eigenvalue weighted by Gasteiger charge is 2.28. The largest absolute Gasteiger partial charge is 0.484 e. The molecule has 0 aliphatic heterocycles. The van der Waals surface area contributed by atoms with Gasteiger partial charge in [0.2, 0.25) is 5.91 Å². The van der Waals surface area contributed by atoms with Gasteiger partial charge in [0, 0.05) is 20.6 Å². The quantitative estimate of drug-likeness (QED) is 0.449. The zero-order valence-electron chi connectivity index (χ0n) is 16.9. The minimum atomic E-state index is -0.581. The molecule has 3 rings (SSSR count). The van der Waals surface area contributed by atoms with E-state index >= 15 is 0 Å². The van der Waals surface area contributed by atoms with E-state index in [1.54, 1.807) is 11.8 Å². The van der Waals surface area contributed by atoms with Crippen LogP contribution in [0.5, 0.6) is 5.75 Å². The van der Waals surface area contributed by atoms with Crippen LogP contribution in [0.2, 0.25) is 0 Å². The molecule has 2 aromatic carbocycles. The Hall–Kier alpha value is -1.61. The number of carbonyl (C=O) groups is 2. The minimum Gasteiger partial charge on any atom is -0.484 e. The maximum Gasteiger partial charge on any atom is 0.261 e. The van der Waals surface area contributed by atoms with Gasteiger partial charge < -0.3 is 15.0 Å². The molecular formula is C23H26BrIN2O3. The van der Waals surface area contributed by atoms with Crippen molar-refractivity contribution in [2.75, 3.05) is 6.61 Å². The number of halogens is 2. The highest BCUT2D eigenvalue weighted by Crippen LogP contribution is 2.19. The van der Waals surface area contributed by atoms with Crippen LogP contribution >= 0.6 is 38.5 Å². The summed E-state index contributed by atoms with van der Waals surface area (Å²) in [6.07, 6.45) is 4.31. The summed E-state index contributed by atoms with van der Waals surface area (Å²) in [6.45, 7) is 2.02. The predicted molar refractivity (Wildman–Crippen MR) is 129 cm³/mol. The number of hydrogen-bond acceptors (Lipinski definition) is 3. The summed E-state index contributed by atoms with van der Waals surface area (Å²) < 4.78 is 7.76. The molecule has 7 heteroatoms. The zero-order chi connectivity index (χ0) is 21.5. The number of rotatable bonds is 8. The van der Waals surface area contributed by atoms with Crippen molar-refractivity contribution >= 4 is 50.3 Å². The molecule has 0 radical (unpaired) electrons. The third-order valence-electron chi connectivity index (χ3n) is 5.31. The molecule has 2 amide bonds. The number of amides is 2. The van der Waals surface area contributed by atoms with Crippen molar-refractivity contribution in [2.45, 2.75) is 51.2 Å². The predicted octanol–water partition coefficient (Wildman–Crippen LogP) is 4.91. The molecule has 1 N–H and O–H groups in total. The lowest BCUT2D eigenvalue weighted by molar-refractivity contribution is -0.142. The Labute approximate surface area is 199 Å². The number of hydrogen-bond donors (Lipinski definition) is 1. The van der Waals surface area contributed by atoms with Gasteiger partial charge in [-0.3, -0.25) is 9.59 Å². The Morgan fingerprint density at radius 2 is 1.77 bits per heavy atom. The van der Waals surface area contributed by atoms with E-state index in [-0.39, 0.29) is 24.5 Å². The molecule has 2 aromatic rings. The second-order valence-electron chi connectivity index (χ2n) is 7.56. The normalized spacial score (nSPS) is 14.9. The molecule has 1 saturated carbocycles. The molecule has 0 aromatic heterocycles. The minimum absolute atomic E-state index is 0.110. The fourth-order valence-corrected chi connectivity index (χ4v) is 4.14. The number of nitrogens with one attached hydrogen (secondary N) is 1. The maximum atomic E-state index is 13.0. The second kappa shape index (κ2) is 11.1. The third-order valence-corrected chi connectivity index (χ3v) is 6.56. The Kier molecular flexibility index (Phi) is 8.56. The van der Waals surface area contributed by atoms with E-state index in [1.807, 2.05) is 48.5 Å². The van der Waals surface area contributed by atoms with Crippen LogP contribution in [0.25, 0.3) is 0 Å². The van der Waals surface area contributed by atoms with Crippen LogP contribution in [0.3, 0.4) is 0 Å². The van der Waals surface area contributed by atoms with E-state index in [1.165, 1.54) is 0 Å². The molecular weight excluding hydrogens is 559 g/mol. The molecule has 0 bridgehead atoms. The van der Waals surface area contributed by atoms with Crippen LogP contribution in [0.4, 0.5) is 0 Å². The molecule has 1 aliphatic rings. The highest BCUT2D eigenvalue weighted by molar-refractivity contribution is 14.1. The van der Waals surface area contributed by atoms with Crippen LogP contribution in [0.15, 0.2) is 53.0 Å².